The summed E-state index contributed by atoms with van der Waals surface area (Å²) in [5, 5.41) is 7.64. The number of nitrogens with one attached hydrogen (secondary N) is 1. The van der Waals surface area contributed by atoms with Crippen LogP contribution in [0.1, 0.15) is 5.56 Å². The second kappa shape index (κ2) is 8.17. The Morgan fingerprint density at radius 3 is 2.38 bits per heavy atom. The highest BCUT2D eigenvalue weighted by Crippen LogP contribution is 2.38. The van der Waals surface area contributed by atoms with Crippen LogP contribution >= 0.6 is 0 Å². The van der Waals surface area contributed by atoms with Crippen LogP contribution in [0.2, 0.25) is 0 Å². The van der Waals surface area contributed by atoms with Gasteiger partial charge in [-0.2, -0.15) is 0 Å². The fourth-order valence-corrected chi connectivity index (χ4v) is 4.09. The molecule has 0 atom stereocenters. The lowest BCUT2D eigenvalue weighted by Gasteiger charge is -2.15. The summed E-state index contributed by atoms with van der Waals surface area (Å²) in [6.07, 6.45) is 0. The molecule has 3 rings (SSSR count). The van der Waals surface area contributed by atoms with Crippen molar-refractivity contribution in [1.82, 2.24) is 5.16 Å². The van der Waals surface area contributed by atoms with Crippen molar-refractivity contribution in [3.05, 3.63) is 46.3 Å². The number of aromatic nitrogens is 1. The molecule has 0 amide bonds. The summed E-state index contributed by atoms with van der Waals surface area (Å²) in [6, 6.07) is 7.89. The van der Waals surface area contributed by atoms with Gasteiger partial charge in [-0.3, -0.25) is 4.72 Å². The first-order valence-corrected chi connectivity index (χ1v) is 9.64. The second-order valence-electron chi connectivity index (χ2n) is 5.69. The molecule has 1 heterocycles. The number of fused-ring (bicyclic) bond motifs is 1. The average Bonchev–Trinajstić information content (AvgIpc) is 3.13. The fourth-order valence-electron chi connectivity index (χ4n) is 2.78. The number of nitrogens with zero attached hydrogens (tertiary/aromatic N) is 4. The van der Waals surface area contributed by atoms with E-state index in [1.807, 2.05) is 0 Å². The van der Waals surface area contributed by atoms with Crippen molar-refractivity contribution < 1.29 is 27.2 Å². The summed E-state index contributed by atoms with van der Waals surface area (Å²) in [7, 11) is -0.113. The molecular weight excluding hydrogens is 402 g/mol. The van der Waals surface area contributed by atoms with Crippen LogP contribution in [0.25, 0.3) is 21.4 Å². The first-order chi connectivity index (χ1) is 13.9. The summed E-state index contributed by atoms with van der Waals surface area (Å²) in [6.45, 7) is 0.00208. The topological polar surface area (TPSA) is 149 Å². The maximum absolute atomic E-state index is 13.2. The first-order valence-electron chi connectivity index (χ1n) is 8.16. The zero-order valence-corrected chi connectivity index (χ0v) is 16.6. The average molecular weight is 419 g/mol. The van der Waals surface area contributed by atoms with Crippen molar-refractivity contribution in [3.8, 4) is 17.2 Å². The molecule has 1 N–H and O–H groups in total. The van der Waals surface area contributed by atoms with Crippen molar-refractivity contribution in [3.63, 3.8) is 0 Å². The quantitative estimate of drug-likeness (QED) is 0.334. The highest BCUT2D eigenvalue weighted by molar-refractivity contribution is 7.93. The molecule has 2 aromatic carbocycles. The molecule has 0 aliphatic rings. The van der Waals surface area contributed by atoms with Crippen molar-refractivity contribution in [1.29, 1.82) is 0 Å². The first kappa shape index (κ1) is 20.1. The Bertz CT molecular complexity index is 1180. The number of azide groups is 1. The van der Waals surface area contributed by atoms with Crippen LogP contribution in [-0.2, 0) is 16.6 Å². The predicted molar refractivity (Wildman–Crippen MR) is 104 cm³/mol. The minimum absolute atomic E-state index is 0.00208. The molecule has 0 aliphatic carbocycles. The normalized spacial score (nSPS) is 11.0. The molecule has 0 bridgehead atoms. The maximum Gasteiger partial charge on any atom is 0.270 e. The molecule has 0 saturated carbocycles. The molecule has 29 heavy (non-hydrogen) atoms. The Kier molecular flexibility index (Phi) is 5.66. The van der Waals surface area contributed by atoms with E-state index < -0.39 is 10.0 Å². The number of hydrogen-bond donors (Lipinski definition) is 1. The van der Waals surface area contributed by atoms with Crippen LogP contribution in [0.5, 0.6) is 17.2 Å². The number of ether oxygens (including phenoxy) is 3. The van der Waals surface area contributed by atoms with Gasteiger partial charge in [0, 0.05) is 4.91 Å². The van der Waals surface area contributed by atoms with Crippen LogP contribution in [0.4, 0.5) is 5.82 Å². The third kappa shape index (κ3) is 3.84. The molecule has 0 aliphatic heterocycles. The molecule has 0 fully saturated rings. The number of sulfonamides is 1. The zero-order chi connectivity index (χ0) is 21.0. The molecule has 152 valence electrons. The van der Waals surface area contributed by atoms with Gasteiger partial charge >= 0.3 is 0 Å². The van der Waals surface area contributed by atoms with Crippen molar-refractivity contribution in [2.45, 2.75) is 11.4 Å². The summed E-state index contributed by atoms with van der Waals surface area (Å²) in [5.74, 6) is 0.379. The Morgan fingerprint density at radius 1 is 1.14 bits per heavy atom. The summed E-state index contributed by atoms with van der Waals surface area (Å²) >= 11 is 0. The van der Waals surface area contributed by atoms with E-state index in [0.29, 0.717) is 22.3 Å². The molecular formula is C17H17N5O6S. The standard InChI is InChI=1S/C17H17N5O6S/c1-25-11-5-4-6-12-15(11)17(20-28-12)21-29(23,24)16-13(26-2)7-10(9-19-22-18)8-14(16)27-3/h4-8H,9H2,1-3H3,(H,20,21). The highest BCUT2D eigenvalue weighted by atomic mass is 32.2. The van der Waals surface area contributed by atoms with Crippen LogP contribution in [0.3, 0.4) is 0 Å². The molecule has 0 unspecified atom stereocenters. The molecule has 0 spiro atoms. The Labute approximate surface area is 165 Å². The van der Waals surface area contributed by atoms with Crippen LogP contribution in [0.15, 0.2) is 44.9 Å². The van der Waals surface area contributed by atoms with Gasteiger partial charge in [0.15, 0.2) is 16.3 Å². The predicted octanol–water partition coefficient (Wildman–Crippen LogP) is 3.46. The highest BCUT2D eigenvalue weighted by Gasteiger charge is 2.28. The maximum atomic E-state index is 13.2. The van der Waals surface area contributed by atoms with Gasteiger partial charge in [0.05, 0.1) is 27.9 Å². The van der Waals surface area contributed by atoms with E-state index in [4.69, 9.17) is 24.3 Å². The van der Waals surface area contributed by atoms with Gasteiger partial charge in [-0.25, -0.2) is 8.42 Å². The minimum atomic E-state index is -4.20. The monoisotopic (exact) mass is 419 g/mol. The lowest BCUT2D eigenvalue weighted by Crippen LogP contribution is -2.16. The van der Waals surface area contributed by atoms with Gasteiger partial charge in [0.2, 0.25) is 0 Å². The number of hydrogen-bond acceptors (Lipinski definition) is 8. The van der Waals surface area contributed by atoms with Crippen molar-refractivity contribution in [2.75, 3.05) is 26.1 Å². The van der Waals surface area contributed by atoms with Crippen LogP contribution < -0.4 is 18.9 Å². The molecule has 0 radical (unpaired) electrons. The van der Waals surface area contributed by atoms with E-state index in [1.165, 1.54) is 33.5 Å². The summed E-state index contributed by atoms with van der Waals surface area (Å²) in [4.78, 5) is 2.45. The fraction of sp³-hybridized carbons (Fsp3) is 0.235. The Hall–Kier alpha value is -3.63. The van der Waals surface area contributed by atoms with Crippen molar-refractivity contribution >= 4 is 26.8 Å². The van der Waals surface area contributed by atoms with Crippen LogP contribution in [0, 0.1) is 0 Å². The Balaban J connectivity index is 2.11. The smallest absolute Gasteiger partial charge is 0.270 e. The van der Waals surface area contributed by atoms with Gasteiger partial charge in [0.25, 0.3) is 10.0 Å². The third-order valence-electron chi connectivity index (χ3n) is 4.02. The largest absolute Gasteiger partial charge is 0.496 e. The molecule has 3 aromatic rings. The van der Waals surface area contributed by atoms with E-state index in [-0.39, 0.29) is 28.8 Å². The van der Waals surface area contributed by atoms with E-state index >= 15 is 0 Å². The van der Waals surface area contributed by atoms with E-state index in [1.54, 1.807) is 18.2 Å². The van der Waals surface area contributed by atoms with E-state index in [2.05, 4.69) is 19.9 Å². The van der Waals surface area contributed by atoms with E-state index in [0.717, 1.165) is 0 Å². The number of anilines is 1. The lowest BCUT2D eigenvalue weighted by atomic mass is 10.2. The summed E-state index contributed by atoms with van der Waals surface area (Å²) < 4.78 is 49.6. The molecule has 1 aromatic heterocycles. The third-order valence-corrected chi connectivity index (χ3v) is 5.42. The SMILES string of the molecule is COc1cc(CN=[N+]=[N-])cc(OC)c1S(=O)(=O)Nc1noc2cccc(OC)c12. The summed E-state index contributed by atoms with van der Waals surface area (Å²) in [5.41, 5.74) is 9.37. The van der Waals surface area contributed by atoms with E-state index in [9.17, 15) is 8.42 Å². The molecule has 0 saturated heterocycles. The minimum Gasteiger partial charge on any atom is -0.496 e. The Morgan fingerprint density at radius 2 is 1.79 bits per heavy atom. The van der Waals surface area contributed by atoms with Gasteiger partial charge < -0.3 is 18.7 Å². The van der Waals surface area contributed by atoms with Crippen LogP contribution in [-0.4, -0.2) is 34.9 Å². The number of rotatable bonds is 8. The van der Waals surface area contributed by atoms with Gasteiger partial charge in [0.1, 0.15) is 22.6 Å². The molecule has 12 heteroatoms. The zero-order valence-electron chi connectivity index (χ0n) is 15.7. The lowest BCUT2D eigenvalue weighted by molar-refractivity contribution is 0.372. The second-order valence-corrected chi connectivity index (χ2v) is 7.31. The molecule has 11 nitrogen and oxygen atoms in total. The number of methoxy groups -OCH3 is 3. The van der Waals surface area contributed by atoms with Gasteiger partial charge in [-0.1, -0.05) is 16.3 Å². The van der Waals surface area contributed by atoms with Crippen molar-refractivity contribution in [2.24, 2.45) is 5.11 Å². The van der Waals surface area contributed by atoms with Gasteiger partial charge in [-0.15, -0.1) is 0 Å². The van der Waals surface area contributed by atoms with Gasteiger partial charge in [-0.05, 0) is 35.4 Å². The number of benzene rings is 2.